The van der Waals surface area contributed by atoms with E-state index in [-0.39, 0.29) is 30.7 Å². The smallest absolute Gasteiger partial charge is 0.307 e. The third-order valence-corrected chi connectivity index (χ3v) is 3.95. The van der Waals surface area contributed by atoms with Crippen LogP contribution >= 0.6 is 12.4 Å². The van der Waals surface area contributed by atoms with Gasteiger partial charge >= 0.3 is 5.97 Å². The zero-order chi connectivity index (χ0) is 15.9. The lowest BCUT2D eigenvalue weighted by Crippen LogP contribution is -2.34. The van der Waals surface area contributed by atoms with Gasteiger partial charge in [-0.15, -0.1) is 12.4 Å². The van der Waals surface area contributed by atoms with Gasteiger partial charge in [0.05, 0.1) is 19.6 Å². The topological polar surface area (TPSA) is 76.5 Å². The van der Waals surface area contributed by atoms with Gasteiger partial charge in [0.2, 0.25) is 0 Å². The van der Waals surface area contributed by atoms with Gasteiger partial charge in [-0.1, -0.05) is 0 Å². The number of methoxy groups -OCH3 is 1. The Bertz CT molecular complexity index is 515. The summed E-state index contributed by atoms with van der Waals surface area (Å²) < 4.78 is 6.48. The van der Waals surface area contributed by atoms with E-state index in [1.54, 1.807) is 11.0 Å². The molecule has 2 heterocycles. The van der Waals surface area contributed by atoms with E-state index in [1.807, 2.05) is 17.8 Å². The van der Waals surface area contributed by atoms with Crippen LogP contribution in [0.5, 0.6) is 0 Å². The van der Waals surface area contributed by atoms with Crippen LogP contribution in [0.2, 0.25) is 0 Å². The number of halogens is 1. The van der Waals surface area contributed by atoms with Crippen molar-refractivity contribution in [2.45, 2.75) is 32.2 Å². The molecule has 130 valence electrons. The van der Waals surface area contributed by atoms with E-state index in [2.05, 4.69) is 15.2 Å². The average molecular weight is 345 g/mol. The fraction of sp³-hybridized carbons (Fsp3) is 0.667. The summed E-state index contributed by atoms with van der Waals surface area (Å²) in [6.45, 7) is 4.70. The average Bonchev–Trinajstić information content (AvgIpc) is 3.05. The summed E-state index contributed by atoms with van der Waals surface area (Å²) in [6, 6.07) is 2.05. The molecule has 1 fully saturated rings. The van der Waals surface area contributed by atoms with Gasteiger partial charge in [-0.3, -0.25) is 14.3 Å². The second-order valence-corrected chi connectivity index (χ2v) is 5.39. The highest BCUT2D eigenvalue weighted by Gasteiger charge is 2.21. The number of rotatable bonds is 6. The molecule has 1 N–H and O–H groups in total. The van der Waals surface area contributed by atoms with Crippen molar-refractivity contribution in [1.82, 2.24) is 20.0 Å². The molecule has 1 atom stereocenters. The molecule has 0 aliphatic carbocycles. The molecule has 0 spiro atoms. The number of carbonyl (C=O) groups excluding carboxylic acids is 2. The summed E-state index contributed by atoms with van der Waals surface area (Å²) in [7, 11) is 1.35. The van der Waals surface area contributed by atoms with Crippen LogP contribution in [0.25, 0.3) is 0 Å². The van der Waals surface area contributed by atoms with Gasteiger partial charge in [-0.25, -0.2) is 0 Å². The molecule has 0 aromatic carbocycles. The van der Waals surface area contributed by atoms with Crippen LogP contribution in [0.4, 0.5) is 0 Å². The zero-order valence-corrected chi connectivity index (χ0v) is 14.5. The molecule has 0 radical (unpaired) electrons. The molecule has 7 nitrogen and oxygen atoms in total. The first kappa shape index (κ1) is 19.4. The molecule has 1 saturated heterocycles. The number of nitrogens with zero attached hydrogens (tertiary/aromatic N) is 3. The number of nitrogens with one attached hydrogen (secondary N) is 1. The highest BCUT2D eigenvalue weighted by molar-refractivity contribution is 5.92. The van der Waals surface area contributed by atoms with Crippen LogP contribution in [0.15, 0.2) is 12.3 Å². The van der Waals surface area contributed by atoms with E-state index in [0.717, 1.165) is 25.9 Å². The summed E-state index contributed by atoms with van der Waals surface area (Å²) in [5.41, 5.74) is 0.428. The third kappa shape index (κ3) is 5.21. The number of carbonyl (C=O) groups is 2. The monoisotopic (exact) mass is 344 g/mol. The Labute approximate surface area is 142 Å². The minimum absolute atomic E-state index is 0. The lowest BCUT2D eigenvalue weighted by Gasteiger charge is -2.23. The SMILES string of the molecule is CCN(CCC(=O)OC)C(=O)c1ccn(C2CCCNC2)n1.Cl. The summed E-state index contributed by atoms with van der Waals surface area (Å²) >= 11 is 0. The number of amides is 1. The van der Waals surface area contributed by atoms with Crippen LogP contribution < -0.4 is 5.32 Å². The second kappa shape index (κ2) is 9.52. The van der Waals surface area contributed by atoms with Crippen LogP contribution in [0, 0.1) is 0 Å². The van der Waals surface area contributed by atoms with Crippen molar-refractivity contribution in [3.8, 4) is 0 Å². The Hall–Kier alpha value is -1.60. The van der Waals surface area contributed by atoms with Crippen molar-refractivity contribution < 1.29 is 14.3 Å². The van der Waals surface area contributed by atoms with E-state index >= 15 is 0 Å². The predicted octanol–water partition coefficient (Wildman–Crippen LogP) is 1.25. The quantitative estimate of drug-likeness (QED) is 0.786. The highest BCUT2D eigenvalue weighted by Crippen LogP contribution is 2.16. The van der Waals surface area contributed by atoms with Crippen LogP contribution in [-0.2, 0) is 9.53 Å². The largest absolute Gasteiger partial charge is 0.469 e. The highest BCUT2D eigenvalue weighted by atomic mass is 35.5. The molecule has 2 rings (SSSR count). The number of hydrogen-bond donors (Lipinski definition) is 1. The Morgan fingerprint density at radius 1 is 1.52 bits per heavy atom. The van der Waals surface area contributed by atoms with E-state index in [4.69, 9.17) is 0 Å². The fourth-order valence-electron chi connectivity index (χ4n) is 2.61. The number of hydrogen-bond acceptors (Lipinski definition) is 5. The van der Waals surface area contributed by atoms with Gasteiger partial charge < -0.3 is 15.0 Å². The Kier molecular flexibility index (Phi) is 8.05. The van der Waals surface area contributed by atoms with E-state index in [0.29, 0.717) is 24.8 Å². The van der Waals surface area contributed by atoms with Crippen molar-refractivity contribution >= 4 is 24.3 Å². The summed E-state index contributed by atoms with van der Waals surface area (Å²) in [6.07, 6.45) is 4.25. The number of esters is 1. The molecular formula is C15H25ClN4O3. The van der Waals surface area contributed by atoms with E-state index < -0.39 is 0 Å². The predicted molar refractivity (Wildman–Crippen MR) is 88.8 cm³/mol. The lowest BCUT2D eigenvalue weighted by molar-refractivity contribution is -0.140. The molecule has 1 aromatic rings. The Morgan fingerprint density at radius 2 is 2.30 bits per heavy atom. The molecule has 1 unspecified atom stereocenters. The van der Waals surface area contributed by atoms with Crippen molar-refractivity contribution in [1.29, 1.82) is 0 Å². The van der Waals surface area contributed by atoms with Gasteiger partial charge in [0.25, 0.3) is 5.91 Å². The minimum atomic E-state index is -0.315. The fourth-order valence-corrected chi connectivity index (χ4v) is 2.61. The van der Waals surface area contributed by atoms with Crippen LogP contribution in [0.1, 0.15) is 42.7 Å². The lowest BCUT2D eigenvalue weighted by atomic mass is 10.1. The number of ether oxygens (including phenoxy) is 1. The van der Waals surface area contributed by atoms with Crippen LogP contribution in [0.3, 0.4) is 0 Å². The molecule has 1 aliphatic heterocycles. The van der Waals surface area contributed by atoms with Gasteiger partial charge in [0, 0.05) is 25.8 Å². The maximum atomic E-state index is 12.5. The molecule has 0 bridgehead atoms. The van der Waals surface area contributed by atoms with E-state index in [1.165, 1.54) is 7.11 Å². The van der Waals surface area contributed by atoms with Crippen molar-refractivity contribution in [3.05, 3.63) is 18.0 Å². The molecule has 8 heteroatoms. The van der Waals surface area contributed by atoms with Gasteiger partial charge in [0.1, 0.15) is 5.69 Å². The van der Waals surface area contributed by atoms with Gasteiger partial charge in [0.15, 0.2) is 0 Å². The molecule has 1 amide bonds. The molecule has 1 aliphatic rings. The maximum Gasteiger partial charge on any atom is 0.307 e. The third-order valence-electron chi connectivity index (χ3n) is 3.95. The maximum absolute atomic E-state index is 12.5. The first-order valence-electron chi connectivity index (χ1n) is 7.77. The summed E-state index contributed by atoms with van der Waals surface area (Å²) in [4.78, 5) is 25.3. The van der Waals surface area contributed by atoms with Crippen molar-refractivity contribution in [2.75, 3.05) is 33.3 Å². The number of aromatic nitrogens is 2. The minimum Gasteiger partial charge on any atom is -0.469 e. The molecule has 1 aromatic heterocycles. The summed E-state index contributed by atoms with van der Waals surface area (Å²) in [5, 5.41) is 7.76. The van der Waals surface area contributed by atoms with Crippen molar-refractivity contribution in [3.63, 3.8) is 0 Å². The van der Waals surface area contributed by atoms with Crippen molar-refractivity contribution in [2.24, 2.45) is 0 Å². The molecule has 23 heavy (non-hydrogen) atoms. The zero-order valence-electron chi connectivity index (χ0n) is 13.7. The van der Waals surface area contributed by atoms with Crippen LogP contribution in [-0.4, -0.2) is 59.8 Å². The second-order valence-electron chi connectivity index (χ2n) is 5.39. The normalized spacial score (nSPS) is 17.2. The standard InChI is InChI=1S/C15H24N4O3.ClH/c1-3-18(9-7-14(20)22-2)15(21)13-6-10-19(17-13)12-5-4-8-16-11-12;/h6,10,12,16H,3-5,7-9,11H2,1-2H3;1H. The van der Waals surface area contributed by atoms with Gasteiger partial charge in [-0.2, -0.15) is 5.10 Å². The molecular weight excluding hydrogens is 320 g/mol. The van der Waals surface area contributed by atoms with Gasteiger partial charge in [-0.05, 0) is 32.4 Å². The number of piperidine rings is 1. The Balaban J connectivity index is 0.00000264. The first-order chi connectivity index (χ1) is 10.7. The summed E-state index contributed by atoms with van der Waals surface area (Å²) in [5.74, 6) is -0.459. The van der Waals surface area contributed by atoms with E-state index in [9.17, 15) is 9.59 Å². The Morgan fingerprint density at radius 3 is 2.91 bits per heavy atom. The molecule has 0 saturated carbocycles. The first-order valence-corrected chi connectivity index (χ1v) is 7.77.